The zero-order valence-corrected chi connectivity index (χ0v) is 23.7. The fourth-order valence-electron chi connectivity index (χ4n) is 6.59. The van der Waals surface area contributed by atoms with Crippen molar-refractivity contribution >= 4 is 28.3 Å². The van der Waals surface area contributed by atoms with Crippen LogP contribution in [-0.4, -0.2) is 56.5 Å². The molecule has 2 amide bonds. The molecule has 1 saturated heterocycles. The third-order valence-corrected chi connectivity index (χ3v) is 9.31. The van der Waals surface area contributed by atoms with Gasteiger partial charge in [0.1, 0.15) is 6.04 Å². The molecule has 0 radical (unpaired) electrons. The predicted molar refractivity (Wildman–Crippen MR) is 157 cm³/mol. The van der Waals surface area contributed by atoms with Gasteiger partial charge in [-0.25, -0.2) is 0 Å². The number of pyridine rings is 3. The standard InChI is InChI=1S/C32H30F3N7O2/c33-32(34,35)27(36)23-6-5-20(16-39-23)26-21-4-2-1-3-19(21)15-40-24(26)18-42-25-17-38-12-7-22(25)30(28(42)43)10-13-41(14-11-30)29(44)31(37)8-9-31/h1-7,12,15-17,27H,8-11,13-14,18,36-37H2. The van der Waals surface area contributed by atoms with Crippen molar-refractivity contribution in [2.45, 2.75) is 55.4 Å². The van der Waals surface area contributed by atoms with Crippen molar-refractivity contribution in [1.29, 1.82) is 0 Å². The number of aromatic nitrogens is 3. The van der Waals surface area contributed by atoms with Gasteiger partial charge in [-0.2, -0.15) is 13.2 Å². The molecular weight excluding hydrogens is 571 g/mol. The Hall–Kier alpha value is -4.42. The van der Waals surface area contributed by atoms with E-state index in [4.69, 9.17) is 16.5 Å². The van der Waals surface area contributed by atoms with Gasteiger partial charge in [0.25, 0.3) is 0 Å². The summed E-state index contributed by atoms with van der Waals surface area (Å²) in [6.07, 6.45) is 4.11. The maximum Gasteiger partial charge on any atom is 0.409 e. The molecule has 9 nitrogen and oxygen atoms in total. The molecule has 7 rings (SSSR count). The van der Waals surface area contributed by atoms with E-state index in [1.807, 2.05) is 30.3 Å². The highest BCUT2D eigenvalue weighted by Crippen LogP contribution is 2.49. The SMILES string of the molecule is NC(c1ccc(-c2c(CN3C(=O)C4(CCN(C(=O)C5(N)CC5)CC4)c4ccncc43)ncc3ccccc23)cn1)C(F)(F)F. The van der Waals surface area contributed by atoms with Gasteiger partial charge >= 0.3 is 6.18 Å². The van der Waals surface area contributed by atoms with Crippen LogP contribution in [0.25, 0.3) is 21.9 Å². The predicted octanol–water partition coefficient (Wildman–Crippen LogP) is 4.15. The molecule has 226 valence electrons. The summed E-state index contributed by atoms with van der Waals surface area (Å²) in [4.78, 5) is 43.9. The monoisotopic (exact) mass is 601 g/mol. The summed E-state index contributed by atoms with van der Waals surface area (Å²) in [6.45, 7) is 0.963. The molecule has 4 N–H and O–H groups in total. The quantitative estimate of drug-likeness (QED) is 0.351. The number of carbonyl (C=O) groups excluding carboxylic acids is 2. The second kappa shape index (κ2) is 10.1. The van der Waals surface area contributed by atoms with Crippen LogP contribution in [0.4, 0.5) is 18.9 Å². The number of nitrogens with two attached hydrogens (primary N) is 2. The number of rotatable bonds is 5. The number of anilines is 1. The van der Waals surface area contributed by atoms with Crippen molar-refractivity contribution in [3.05, 3.63) is 84.2 Å². The van der Waals surface area contributed by atoms with Crippen LogP contribution in [0.15, 0.2) is 67.3 Å². The number of nitrogens with zero attached hydrogens (tertiary/aromatic N) is 5. The van der Waals surface area contributed by atoms with Crippen LogP contribution in [0.3, 0.4) is 0 Å². The summed E-state index contributed by atoms with van der Waals surface area (Å²) in [5, 5.41) is 1.65. The van der Waals surface area contributed by atoms with E-state index >= 15 is 0 Å². The van der Waals surface area contributed by atoms with E-state index in [2.05, 4.69) is 9.97 Å². The van der Waals surface area contributed by atoms with Crippen LogP contribution < -0.4 is 16.4 Å². The molecule has 1 saturated carbocycles. The van der Waals surface area contributed by atoms with E-state index in [0.29, 0.717) is 61.3 Å². The van der Waals surface area contributed by atoms with Gasteiger partial charge in [-0.05, 0) is 48.8 Å². The maximum atomic E-state index is 14.4. The molecule has 5 heterocycles. The molecular formula is C32H30F3N7O2. The zero-order chi connectivity index (χ0) is 30.9. The van der Waals surface area contributed by atoms with Crippen LogP contribution in [0.5, 0.6) is 0 Å². The van der Waals surface area contributed by atoms with Crippen LogP contribution in [0, 0.1) is 0 Å². The molecule has 1 atom stereocenters. The van der Waals surface area contributed by atoms with E-state index in [9.17, 15) is 22.8 Å². The molecule has 1 unspecified atom stereocenters. The van der Waals surface area contributed by atoms with Gasteiger partial charge in [-0.15, -0.1) is 0 Å². The number of piperidine rings is 1. The Bertz CT molecular complexity index is 1780. The van der Waals surface area contributed by atoms with Crippen molar-refractivity contribution in [2.24, 2.45) is 11.5 Å². The first-order valence-electron chi connectivity index (χ1n) is 14.5. The van der Waals surface area contributed by atoms with Gasteiger partial charge in [0.05, 0.1) is 40.8 Å². The summed E-state index contributed by atoms with van der Waals surface area (Å²) in [7, 11) is 0. The van der Waals surface area contributed by atoms with Crippen LogP contribution in [0.1, 0.15) is 48.7 Å². The average Bonchev–Trinajstić information content (AvgIpc) is 3.76. The van der Waals surface area contributed by atoms with Gasteiger partial charge in [0, 0.05) is 48.2 Å². The second-order valence-electron chi connectivity index (χ2n) is 12.0. The van der Waals surface area contributed by atoms with Gasteiger partial charge in [-0.1, -0.05) is 30.3 Å². The molecule has 2 aliphatic heterocycles. The van der Waals surface area contributed by atoms with E-state index in [1.165, 1.54) is 12.3 Å². The molecule has 3 aromatic heterocycles. The average molecular weight is 602 g/mol. The van der Waals surface area contributed by atoms with E-state index in [1.54, 1.807) is 34.5 Å². The highest BCUT2D eigenvalue weighted by Gasteiger charge is 2.55. The lowest BCUT2D eigenvalue weighted by Crippen LogP contribution is -2.54. The summed E-state index contributed by atoms with van der Waals surface area (Å²) in [6, 6.07) is 10.0. The van der Waals surface area contributed by atoms with Crippen molar-refractivity contribution in [2.75, 3.05) is 18.0 Å². The van der Waals surface area contributed by atoms with E-state index in [-0.39, 0.29) is 24.1 Å². The lowest BCUT2D eigenvalue weighted by molar-refractivity contribution is -0.150. The Morgan fingerprint density at radius 1 is 0.977 bits per heavy atom. The first-order chi connectivity index (χ1) is 21.0. The first kappa shape index (κ1) is 28.4. The third-order valence-electron chi connectivity index (χ3n) is 9.31. The Kier molecular flexibility index (Phi) is 6.49. The molecule has 3 aliphatic rings. The summed E-state index contributed by atoms with van der Waals surface area (Å²) in [5.74, 6) is -0.141. The topological polar surface area (TPSA) is 131 Å². The number of alkyl halides is 3. The molecule has 1 aliphatic carbocycles. The summed E-state index contributed by atoms with van der Waals surface area (Å²) in [5.41, 5.74) is 13.0. The van der Waals surface area contributed by atoms with Gasteiger partial charge in [0.15, 0.2) is 0 Å². The number of benzene rings is 1. The zero-order valence-electron chi connectivity index (χ0n) is 23.7. The minimum Gasteiger partial charge on any atom is -0.341 e. The van der Waals surface area contributed by atoms with Crippen LogP contribution in [0.2, 0.25) is 0 Å². The van der Waals surface area contributed by atoms with E-state index < -0.39 is 23.2 Å². The van der Waals surface area contributed by atoms with Crippen molar-refractivity contribution in [3.63, 3.8) is 0 Å². The minimum absolute atomic E-state index is 0.0505. The van der Waals surface area contributed by atoms with Crippen molar-refractivity contribution in [3.8, 4) is 11.1 Å². The summed E-state index contributed by atoms with van der Waals surface area (Å²) >= 11 is 0. The molecule has 2 fully saturated rings. The largest absolute Gasteiger partial charge is 0.409 e. The maximum absolute atomic E-state index is 14.4. The Labute approximate surface area is 251 Å². The number of hydrogen-bond acceptors (Lipinski definition) is 7. The molecule has 0 bridgehead atoms. The first-order valence-corrected chi connectivity index (χ1v) is 14.5. The third kappa shape index (κ3) is 4.51. The Morgan fingerprint density at radius 3 is 2.41 bits per heavy atom. The molecule has 4 aromatic rings. The minimum atomic E-state index is -4.62. The molecule has 1 spiro atoms. The molecule has 12 heteroatoms. The lowest BCUT2D eigenvalue weighted by Gasteiger charge is -2.39. The number of carbonyl (C=O) groups is 2. The normalized spacial score (nSPS) is 19.3. The molecule has 44 heavy (non-hydrogen) atoms. The number of hydrogen-bond donors (Lipinski definition) is 2. The van der Waals surface area contributed by atoms with Crippen LogP contribution >= 0.6 is 0 Å². The fourth-order valence-corrected chi connectivity index (χ4v) is 6.59. The fraction of sp³-hybridized carbons (Fsp3) is 0.344. The number of halogens is 3. The van der Waals surface area contributed by atoms with Crippen LogP contribution in [-0.2, 0) is 21.5 Å². The van der Waals surface area contributed by atoms with Gasteiger partial charge in [-0.3, -0.25) is 24.5 Å². The molecule has 1 aromatic carbocycles. The Morgan fingerprint density at radius 2 is 1.73 bits per heavy atom. The van der Waals surface area contributed by atoms with Gasteiger partial charge < -0.3 is 21.3 Å². The highest BCUT2D eigenvalue weighted by atomic mass is 19.4. The van der Waals surface area contributed by atoms with Gasteiger partial charge in [0.2, 0.25) is 11.8 Å². The van der Waals surface area contributed by atoms with Crippen molar-refractivity contribution < 1.29 is 22.8 Å². The highest BCUT2D eigenvalue weighted by molar-refractivity contribution is 6.08. The number of likely N-dealkylation sites (tertiary alicyclic amines) is 1. The smallest absolute Gasteiger partial charge is 0.341 e. The van der Waals surface area contributed by atoms with E-state index in [0.717, 1.165) is 16.3 Å². The Balaban J connectivity index is 1.24. The lowest BCUT2D eigenvalue weighted by atomic mass is 9.74. The second-order valence-corrected chi connectivity index (χ2v) is 12.0. The number of amides is 2. The summed E-state index contributed by atoms with van der Waals surface area (Å²) < 4.78 is 39.7. The van der Waals surface area contributed by atoms with Crippen molar-refractivity contribution in [1.82, 2.24) is 19.9 Å². The number of fused-ring (bicyclic) bond motifs is 3.